The van der Waals surface area contributed by atoms with Crippen molar-refractivity contribution in [2.75, 3.05) is 0 Å². The Kier molecular flexibility index (Phi) is 3.42. The molecule has 0 aliphatic heterocycles. The van der Waals surface area contributed by atoms with Crippen LogP contribution in [-0.2, 0) is 0 Å². The van der Waals surface area contributed by atoms with Crippen molar-refractivity contribution in [1.82, 2.24) is 0 Å². The van der Waals surface area contributed by atoms with Crippen LogP contribution in [0.2, 0.25) is 0 Å². The Balaban J connectivity index is 2.23. The molecule has 0 N–H and O–H groups in total. The molecular formula is C11H22. The lowest BCUT2D eigenvalue weighted by molar-refractivity contribution is 0.0686. The summed E-state index contributed by atoms with van der Waals surface area (Å²) < 4.78 is 0. The largest absolute Gasteiger partial charge is 0.0654 e. The molecule has 66 valence electrons. The minimum absolute atomic E-state index is 1.03. The van der Waals surface area contributed by atoms with Gasteiger partial charge in [0.2, 0.25) is 0 Å². The van der Waals surface area contributed by atoms with Crippen molar-refractivity contribution in [2.45, 2.75) is 52.9 Å². The summed E-state index contributed by atoms with van der Waals surface area (Å²) in [5.41, 5.74) is 0. The van der Waals surface area contributed by atoms with Gasteiger partial charge in [0, 0.05) is 0 Å². The SMILES string of the molecule is CCCC1CC(C)C1CCC. The Hall–Kier alpha value is 0. The van der Waals surface area contributed by atoms with Crippen molar-refractivity contribution in [3.63, 3.8) is 0 Å². The quantitative estimate of drug-likeness (QED) is 0.577. The third-order valence-corrected chi connectivity index (χ3v) is 3.29. The Morgan fingerprint density at radius 3 is 2.18 bits per heavy atom. The standard InChI is InChI=1S/C11H22/c1-4-6-10-8-9(3)11(10)7-5-2/h9-11H,4-8H2,1-3H3. The minimum atomic E-state index is 1.03. The van der Waals surface area contributed by atoms with E-state index < -0.39 is 0 Å². The number of rotatable bonds is 4. The molecule has 3 atom stereocenters. The predicted molar refractivity (Wildman–Crippen MR) is 50.6 cm³/mol. The average molecular weight is 154 g/mol. The van der Waals surface area contributed by atoms with Crippen LogP contribution in [0.5, 0.6) is 0 Å². The Morgan fingerprint density at radius 1 is 1.09 bits per heavy atom. The number of hydrogen-bond donors (Lipinski definition) is 0. The molecule has 0 aromatic heterocycles. The van der Waals surface area contributed by atoms with Crippen LogP contribution in [0.25, 0.3) is 0 Å². The zero-order chi connectivity index (χ0) is 8.27. The molecule has 1 rings (SSSR count). The highest BCUT2D eigenvalue weighted by Crippen LogP contribution is 2.45. The third kappa shape index (κ3) is 1.98. The highest BCUT2D eigenvalue weighted by Gasteiger charge is 2.35. The Morgan fingerprint density at radius 2 is 1.73 bits per heavy atom. The molecule has 0 saturated heterocycles. The van der Waals surface area contributed by atoms with Crippen molar-refractivity contribution < 1.29 is 0 Å². The van der Waals surface area contributed by atoms with E-state index in [1.807, 2.05) is 0 Å². The van der Waals surface area contributed by atoms with E-state index in [1.165, 1.54) is 32.1 Å². The summed E-state index contributed by atoms with van der Waals surface area (Å²) in [4.78, 5) is 0. The topological polar surface area (TPSA) is 0 Å². The average Bonchev–Trinajstić information content (AvgIpc) is 2.00. The molecule has 1 aliphatic carbocycles. The zero-order valence-corrected chi connectivity index (χ0v) is 8.27. The van der Waals surface area contributed by atoms with E-state index in [9.17, 15) is 0 Å². The molecule has 0 spiro atoms. The monoisotopic (exact) mass is 154 g/mol. The molecule has 0 nitrogen and oxygen atoms in total. The van der Waals surface area contributed by atoms with Crippen LogP contribution in [-0.4, -0.2) is 0 Å². The lowest BCUT2D eigenvalue weighted by atomic mass is 9.62. The molecule has 1 aliphatic rings. The summed E-state index contributed by atoms with van der Waals surface area (Å²) >= 11 is 0. The second kappa shape index (κ2) is 4.13. The van der Waals surface area contributed by atoms with Gasteiger partial charge in [-0.1, -0.05) is 46.5 Å². The normalized spacial score (nSPS) is 36.8. The first-order chi connectivity index (χ1) is 5.29. The molecule has 0 aromatic carbocycles. The summed E-state index contributed by atoms with van der Waals surface area (Å²) in [6, 6.07) is 0. The summed E-state index contributed by atoms with van der Waals surface area (Å²) in [7, 11) is 0. The van der Waals surface area contributed by atoms with Gasteiger partial charge in [0.1, 0.15) is 0 Å². The van der Waals surface area contributed by atoms with E-state index in [1.54, 1.807) is 0 Å². The molecule has 0 bridgehead atoms. The van der Waals surface area contributed by atoms with E-state index in [4.69, 9.17) is 0 Å². The fourth-order valence-electron chi connectivity index (χ4n) is 2.65. The van der Waals surface area contributed by atoms with E-state index in [0.29, 0.717) is 0 Å². The molecule has 1 saturated carbocycles. The molecule has 3 unspecified atom stereocenters. The van der Waals surface area contributed by atoms with Gasteiger partial charge < -0.3 is 0 Å². The molecule has 11 heavy (non-hydrogen) atoms. The van der Waals surface area contributed by atoms with Crippen LogP contribution in [0.3, 0.4) is 0 Å². The minimum Gasteiger partial charge on any atom is -0.0654 e. The van der Waals surface area contributed by atoms with E-state index in [2.05, 4.69) is 20.8 Å². The van der Waals surface area contributed by atoms with Crippen molar-refractivity contribution in [2.24, 2.45) is 17.8 Å². The lowest BCUT2D eigenvalue weighted by Crippen LogP contribution is -2.34. The van der Waals surface area contributed by atoms with Crippen LogP contribution >= 0.6 is 0 Å². The molecule has 0 radical (unpaired) electrons. The van der Waals surface area contributed by atoms with Crippen molar-refractivity contribution in [3.8, 4) is 0 Å². The molecule has 0 heterocycles. The maximum atomic E-state index is 2.42. The van der Waals surface area contributed by atoms with Gasteiger partial charge >= 0.3 is 0 Å². The first kappa shape index (κ1) is 9.09. The van der Waals surface area contributed by atoms with Crippen molar-refractivity contribution >= 4 is 0 Å². The first-order valence-corrected chi connectivity index (χ1v) is 5.29. The summed E-state index contributed by atoms with van der Waals surface area (Å²) in [6.07, 6.45) is 7.24. The zero-order valence-electron chi connectivity index (χ0n) is 8.27. The second-order valence-corrected chi connectivity index (χ2v) is 4.21. The van der Waals surface area contributed by atoms with Crippen molar-refractivity contribution in [3.05, 3.63) is 0 Å². The molecular weight excluding hydrogens is 132 g/mol. The molecule has 1 fully saturated rings. The van der Waals surface area contributed by atoms with Gasteiger partial charge in [0.25, 0.3) is 0 Å². The summed E-state index contributed by atoms with van der Waals surface area (Å²) in [5.74, 6) is 3.21. The Labute approximate surface area is 71.4 Å². The van der Waals surface area contributed by atoms with Crippen LogP contribution in [0.15, 0.2) is 0 Å². The van der Waals surface area contributed by atoms with E-state index in [-0.39, 0.29) is 0 Å². The first-order valence-electron chi connectivity index (χ1n) is 5.29. The molecule has 0 heteroatoms. The third-order valence-electron chi connectivity index (χ3n) is 3.29. The lowest BCUT2D eigenvalue weighted by Gasteiger charge is -2.43. The van der Waals surface area contributed by atoms with Gasteiger partial charge in [-0.2, -0.15) is 0 Å². The smallest absolute Gasteiger partial charge is 0.0360 e. The van der Waals surface area contributed by atoms with Gasteiger partial charge in [-0.15, -0.1) is 0 Å². The van der Waals surface area contributed by atoms with E-state index in [0.717, 1.165) is 17.8 Å². The van der Waals surface area contributed by atoms with Gasteiger partial charge in [-0.3, -0.25) is 0 Å². The molecule has 0 amide bonds. The summed E-state index contributed by atoms with van der Waals surface area (Å²) in [6.45, 7) is 7.05. The van der Waals surface area contributed by atoms with E-state index >= 15 is 0 Å². The van der Waals surface area contributed by atoms with Crippen LogP contribution in [0.1, 0.15) is 52.9 Å². The summed E-state index contributed by atoms with van der Waals surface area (Å²) in [5, 5.41) is 0. The van der Waals surface area contributed by atoms with Gasteiger partial charge in [0.05, 0.1) is 0 Å². The molecule has 0 aromatic rings. The fourth-order valence-corrected chi connectivity index (χ4v) is 2.65. The maximum absolute atomic E-state index is 2.42. The van der Waals surface area contributed by atoms with Crippen LogP contribution < -0.4 is 0 Å². The van der Waals surface area contributed by atoms with Crippen LogP contribution in [0.4, 0.5) is 0 Å². The number of hydrogen-bond acceptors (Lipinski definition) is 0. The predicted octanol–water partition coefficient (Wildman–Crippen LogP) is 3.86. The second-order valence-electron chi connectivity index (χ2n) is 4.21. The van der Waals surface area contributed by atoms with Gasteiger partial charge in [-0.05, 0) is 24.2 Å². The van der Waals surface area contributed by atoms with Gasteiger partial charge in [-0.25, -0.2) is 0 Å². The highest BCUT2D eigenvalue weighted by atomic mass is 14.4. The highest BCUT2D eigenvalue weighted by molar-refractivity contribution is 4.85. The Bertz CT molecular complexity index is 105. The fraction of sp³-hybridized carbons (Fsp3) is 1.00. The van der Waals surface area contributed by atoms with Crippen LogP contribution in [0, 0.1) is 17.8 Å². The van der Waals surface area contributed by atoms with Gasteiger partial charge in [0.15, 0.2) is 0 Å². The maximum Gasteiger partial charge on any atom is -0.0360 e. The van der Waals surface area contributed by atoms with Crippen molar-refractivity contribution in [1.29, 1.82) is 0 Å².